The van der Waals surface area contributed by atoms with E-state index in [0.717, 1.165) is 33.8 Å². The second-order valence-corrected chi connectivity index (χ2v) is 9.72. The number of thiol groups is 1. The SMILES string of the molecule is C=Cc1cc(-c2ccc(OCc3c(-c4c(Cl)cccc4Cl)noc3C(C)C)cc2)ccc1N.CNC(=O)NS. The number of carbonyl (C=O) groups is 1. The number of rotatable bonds is 7. The lowest BCUT2D eigenvalue weighted by atomic mass is 10.0. The summed E-state index contributed by atoms with van der Waals surface area (Å²) < 4.78 is 13.8. The molecule has 0 bridgehead atoms. The molecule has 4 aromatic rings. The molecule has 0 radical (unpaired) electrons. The first-order valence-electron chi connectivity index (χ1n) is 12.0. The van der Waals surface area contributed by atoms with Crippen molar-refractivity contribution in [1.82, 2.24) is 15.2 Å². The Morgan fingerprint density at radius 3 is 2.31 bits per heavy atom. The Bertz CT molecular complexity index is 1410. The Hall–Kier alpha value is -3.59. The van der Waals surface area contributed by atoms with Gasteiger partial charge in [0.05, 0.1) is 15.6 Å². The number of carbonyl (C=O) groups excluding carboxylic acids is 1. The van der Waals surface area contributed by atoms with E-state index >= 15 is 0 Å². The number of amides is 2. The van der Waals surface area contributed by atoms with Crippen molar-refractivity contribution in [1.29, 1.82) is 0 Å². The number of halogens is 2. The highest BCUT2D eigenvalue weighted by atomic mass is 35.5. The highest BCUT2D eigenvalue weighted by molar-refractivity contribution is 7.78. The number of nitrogens with zero attached hydrogens (tertiary/aromatic N) is 1. The first kappa shape index (κ1) is 30.0. The zero-order valence-electron chi connectivity index (χ0n) is 21.8. The van der Waals surface area contributed by atoms with E-state index in [9.17, 15) is 4.79 Å². The van der Waals surface area contributed by atoms with Crippen LogP contribution in [-0.4, -0.2) is 18.2 Å². The first-order valence-corrected chi connectivity index (χ1v) is 13.2. The van der Waals surface area contributed by atoms with E-state index in [0.29, 0.717) is 27.0 Å². The van der Waals surface area contributed by atoms with Gasteiger partial charge in [0.25, 0.3) is 0 Å². The van der Waals surface area contributed by atoms with E-state index in [1.54, 1.807) is 24.3 Å². The maximum atomic E-state index is 9.88. The topological polar surface area (TPSA) is 102 Å². The lowest BCUT2D eigenvalue weighted by Gasteiger charge is -2.11. The molecular weight excluding hydrogens is 555 g/mol. The summed E-state index contributed by atoms with van der Waals surface area (Å²) in [5.74, 6) is 1.60. The molecule has 2 amide bonds. The molecule has 39 heavy (non-hydrogen) atoms. The highest BCUT2D eigenvalue weighted by Crippen LogP contribution is 2.39. The second kappa shape index (κ2) is 14.0. The lowest BCUT2D eigenvalue weighted by molar-refractivity contribution is 0.248. The fourth-order valence-electron chi connectivity index (χ4n) is 3.72. The summed E-state index contributed by atoms with van der Waals surface area (Å²) in [7, 11) is 1.52. The van der Waals surface area contributed by atoms with Crippen LogP contribution in [0.5, 0.6) is 5.75 Å². The third kappa shape index (κ3) is 7.50. The zero-order chi connectivity index (χ0) is 28.5. The van der Waals surface area contributed by atoms with Crippen molar-refractivity contribution in [2.24, 2.45) is 0 Å². The van der Waals surface area contributed by atoms with E-state index in [1.165, 1.54) is 7.05 Å². The summed E-state index contributed by atoms with van der Waals surface area (Å²) in [6.07, 6.45) is 1.75. The van der Waals surface area contributed by atoms with E-state index in [2.05, 4.69) is 34.6 Å². The molecule has 0 atom stereocenters. The summed E-state index contributed by atoms with van der Waals surface area (Å²) in [6.45, 7) is 8.18. The van der Waals surface area contributed by atoms with Crippen molar-refractivity contribution in [3.05, 3.63) is 94.2 Å². The van der Waals surface area contributed by atoms with Crippen LogP contribution in [0.2, 0.25) is 10.0 Å². The van der Waals surface area contributed by atoms with Crippen LogP contribution in [-0.2, 0) is 6.61 Å². The zero-order valence-corrected chi connectivity index (χ0v) is 24.2. The average Bonchev–Trinajstić information content (AvgIpc) is 3.36. The number of nitrogen functional groups attached to an aromatic ring is 1. The summed E-state index contributed by atoms with van der Waals surface area (Å²) in [4.78, 5) is 9.88. The van der Waals surface area contributed by atoms with Gasteiger partial charge in [0, 0.05) is 24.2 Å². The minimum Gasteiger partial charge on any atom is -0.489 e. The van der Waals surface area contributed by atoms with E-state index in [1.807, 2.05) is 56.3 Å². The van der Waals surface area contributed by atoms with Gasteiger partial charge in [-0.15, -0.1) is 0 Å². The summed E-state index contributed by atoms with van der Waals surface area (Å²) >= 11 is 16.3. The Balaban J connectivity index is 0.000000631. The van der Waals surface area contributed by atoms with Crippen molar-refractivity contribution in [3.63, 3.8) is 0 Å². The number of hydrogen-bond acceptors (Lipinski definition) is 6. The summed E-state index contributed by atoms with van der Waals surface area (Å²) in [6, 6.07) is 18.9. The number of anilines is 1. The number of nitrogens with one attached hydrogen (secondary N) is 2. The molecule has 0 aliphatic rings. The molecular formula is C29H30Cl2N4O3S. The van der Waals surface area contributed by atoms with Crippen LogP contribution in [0.3, 0.4) is 0 Å². The molecule has 1 heterocycles. The number of aromatic nitrogens is 1. The second-order valence-electron chi connectivity index (χ2n) is 8.68. The van der Waals surface area contributed by atoms with Gasteiger partial charge in [-0.2, -0.15) is 0 Å². The number of urea groups is 1. The standard InChI is InChI=1S/C27H24Cl2N2O2.C2H6N2OS/c1-4-17-14-19(10-13-24(17)30)18-8-11-20(12-9-18)32-15-21-26(31-33-27(21)16(2)3)25-22(28)6-5-7-23(25)29;1-3-2(5)4-6/h4-14,16H,1,15,30H2,2-3H3;6H,1H3,(H2,3,4,5). The maximum Gasteiger partial charge on any atom is 0.324 e. The van der Waals surface area contributed by atoms with Crippen molar-refractivity contribution < 1.29 is 14.1 Å². The van der Waals surface area contributed by atoms with Crippen molar-refractivity contribution in [2.45, 2.75) is 26.4 Å². The molecule has 4 N–H and O–H groups in total. The Morgan fingerprint density at radius 1 is 1.13 bits per heavy atom. The van der Waals surface area contributed by atoms with E-state index in [4.69, 9.17) is 38.2 Å². The van der Waals surface area contributed by atoms with Gasteiger partial charge in [0.1, 0.15) is 23.8 Å². The molecule has 1 aromatic heterocycles. The molecule has 0 aliphatic carbocycles. The van der Waals surface area contributed by atoms with Gasteiger partial charge < -0.3 is 20.3 Å². The highest BCUT2D eigenvalue weighted by Gasteiger charge is 2.23. The molecule has 10 heteroatoms. The lowest BCUT2D eigenvalue weighted by Crippen LogP contribution is -2.25. The van der Waals surface area contributed by atoms with Gasteiger partial charge in [-0.3, -0.25) is 4.72 Å². The molecule has 0 unspecified atom stereocenters. The molecule has 3 aromatic carbocycles. The maximum absolute atomic E-state index is 9.88. The number of nitrogens with two attached hydrogens (primary N) is 1. The fraction of sp³-hybridized carbons (Fsp3) is 0.172. The largest absolute Gasteiger partial charge is 0.489 e. The van der Waals surface area contributed by atoms with Gasteiger partial charge >= 0.3 is 6.03 Å². The first-order chi connectivity index (χ1) is 18.7. The van der Waals surface area contributed by atoms with Gasteiger partial charge in [0.15, 0.2) is 0 Å². The normalized spacial score (nSPS) is 10.4. The third-order valence-corrected chi connectivity index (χ3v) is 6.58. The van der Waals surface area contributed by atoms with Crippen molar-refractivity contribution >= 4 is 53.8 Å². The predicted octanol–water partition coefficient (Wildman–Crippen LogP) is 8.00. The van der Waals surface area contributed by atoms with Gasteiger partial charge in [-0.1, -0.05) is 91.9 Å². The van der Waals surface area contributed by atoms with Crippen LogP contribution in [0.1, 0.15) is 36.7 Å². The molecule has 4 rings (SSSR count). The third-order valence-electron chi connectivity index (χ3n) is 5.75. The minimum absolute atomic E-state index is 0.123. The number of hydrogen-bond donors (Lipinski definition) is 4. The number of benzene rings is 3. The van der Waals surface area contributed by atoms with Crippen LogP contribution < -0.4 is 20.5 Å². The predicted molar refractivity (Wildman–Crippen MR) is 163 cm³/mol. The van der Waals surface area contributed by atoms with Crippen LogP contribution in [0.25, 0.3) is 28.5 Å². The van der Waals surface area contributed by atoms with Crippen molar-refractivity contribution in [2.75, 3.05) is 12.8 Å². The molecule has 0 saturated carbocycles. The van der Waals surface area contributed by atoms with Crippen LogP contribution in [0, 0.1) is 0 Å². The van der Waals surface area contributed by atoms with Gasteiger partial charge in [-0.05, 0) is 53.1 Å². The van der Waals surface area contributed by atoms with E-state index < -0.39 is 0 Å². The Labute approximate surface area is 243 Å². The van der Waals surface area contributed by atoms with Gasteiger partial charge in [0.2, 0.25) is 0 Å². The fourth-order valence-corrected chi connectivity index (χ4v) is 4.41. The quantitative estimate of drug-likeness (QED) is 0.130. The summed E-state index contributed by atoms with van der Waals surface area (Å²) in [5, 5.41) is 7.59. The minimum atomic E-state index is -0.293. The van der Waals surface area contributed by atoms with Crippen LogP contribution in [0.4, 0.5) is 10.5 Å². The molecule has 0 saturated heterocycles. The smallest absolute Gasteiger partial charge is 0.324 e. The molecule has 0 spiro atoms. The Morgan fingerprint density at radius 2 is 1.77 bits per heavy atom. The van der Waals surface area contributed by atoms with E-state index in [-0.39, 0.29) is 18.6 Å². The molecule has 7 nitrogen and oxygen atoms in total. The monoisotopic (exact) mass is 584 g/mol. The van der Waals surface area contributed by atoms with Crippen LogP contribution in [0.15, 0.2) is 71.8 Å². The molecule has 204 valence electrons. The molecule has 0 aliphatic heterocycles. The average molecular weight is 586 g/mol. The number of ether oxygens (including phenoxy) is 1. The molecule has 0 fully saturated rings. The van der Waals surface area contributed by atoms with Crippen molar-refractivity contribution in [3.8, 4) is 28.1 Å². The summed E-state index contributed by atoms with van der Waals surface area (Å²) in [5.41, 5.74) is 11.8. The Kier molecular flexibility index (Phi) is 10.7. The van der Waals surface area contributed by atoms with Crippen LogP contribution >= 0.6 is 36.0 Å². The van der Waals surface area contributed by atoms with Gasteiger partial charge in [-0.25, -0.2) is 4.79 Å².